The summed E-state index contributed by atoms with van der Waals surface area (Å²) in [4.78, 5) is 9.96. The van der Waals surface area contributed by atoms with Crippen molar-refractivity contribution in [2.75, 3.05) is 12.4 Å². The third-order valence-corrected chi connectivity index (χ3v) is 6.22. The van der Waals surface area contributed by atoms with E-state index in [2.05, 4.69) is 43.4 Å². The van der Waals surface area contributed by atoms with E-state index in [1.807, 2.05) is 12.1 Å². The van der Waals surface area contributed by atoms with Gasteiger partial charge in [-0.1, -0.05) is 61.3 Å². The van der Waals surface area contributed by atoms with Gasteiger partial charge >= 0.3 is 0 Å². The molecule has 0 radical (unpaired) electrons. The molecule has 1 aromatic heterocycles. The Morgan fingerprint density at radius 3 is 2.50 bits per heavy atom. The van der Waals surface area contributed by atoms with Gasteiger partial charge in [0.15, 0.2) is 0 Å². The first-order valence-electron chi connectivity index (χ1n) is 10.3. The van der Waals surface area contributed by atoms with E-state index < -0.39 is 0 Å². The van der Waals surface area contributed by atoms with E-state index >= 15 is 0 Å². The summed E-state index contributed by atoms with van der Waals surface area (Å²) < 4.78 is 5.79. The molecule has 1 N–H and O–H groups in total. The lowest BCUT2D eigenvalue weighted by Crippen LogP contribution is -2.25. The molecule has 0 fully saturated rings. The summed E-state index contributed by atoms with van der Waals surface area (Å²) in [6.07, 6.45) is 2.45. The maximum absolute atomic E-state index is 6.48. The highest BCUT2D eigenvalue weighted by Gasteiger charge is 2.33. The van der Waals surface area contributed by atoms with Gasteiger partial charge in [-0.05, 0) is 42.2 Å². The zero-order valence-electron chi connectivity index (χ0n) is 17.4. The first-order valence-corrected chi connectivity index (χ1v) is 11.0. The number of fused-ring (bicyclic) bond motifs is 1. The van der Waals surface area contributed by atoms with Crippen LogP contribution in [0.2, 0.25) is 10.0 Å². The van der Waals surface area contributed by atoms with E-state index in [9.17, 15) is 0 Å². The Bertz CT molecular complexity index is 1070. The molecule has 0 bridgehead atoms. The highest BCUT2D eigenvalue weighted by molar-refractivity contribution is 6.36. The summed E-state index contributed by atoms with van der Waals surface area (Å²) in [5.41, 5.74) is 6.06. The molecular weight excluding hydrogens is 417 g/mol. The Kier molecular flexibility index (Phi) is 6.28. The van der Waals surface area contributed by atoms with E-state index in [1.54, 1.807) is 13.2 Å². The highest BCUT2D eigenvalue weighted by atomic mass is 35.5. The number of hydrogen-bond acceptors (Lipinski definition) is 4. The zero-order chi connectivity index (χ0) is 21.3. The van der Waals surface area contributed by atoms with Crippen molar-refractivity contribution in [2.24, 2.45) is 0 Å². The van der Waals surface area contributed by atoms with Crippen molar-refractivity contribution in [2.45, 2.75) is 45.3 Å². The number of rotatable bonds is 6. The van der Waals surface area contributed by atoms with Crippen molar-refractivity contribution in [1.82, 2.24) is 9.97 Å². The van der Waals surface area contributed by atoms with Crippen molar-refractivity contribution in [3.05, 3.63) is 75.0 Å². The number of anilines is 1. The zero-order valence-corrected chi connectivity index (χ0v) is 18.9. The monoisotopic (exact) mass is 441 g/mol. The van der Waals surface area contributed by atoms with Gasteiger partial charge in [-0.15, -0.1) is 0 Å². The van der Waals surface area contributed by atoms with E-state index in [0.717, 1.165) is 47.7 Å². The minimum Gasteiger partial charge on any atom is -0.379 e. The topological polar surface area (TPSA) is 47.0 Å². The molecule has 1 aliphatic carbocycles. The molecular formula is C24H25Cl2N3O. The number of aromatic nitrogens is 2. The summed E-state index contributed by atoms with van der Waals surface area (Å²) in [7, 11) is 1.76. The predicted molar refractivity (Wildman–Crippen MR) is 124 cm³/mol. The fourth-order valence-corrected chi connectivity index (χ4v) is 4.60. The quantitative estimate of drug-likeness (QED) is 0.487. The number of ether oxygens (including phenoxy) is 1. The van der Waals surface area contributed by atoms with Gasteiger partial charge in [-0.25, -0.2) is 9.97 Å². The van der Waals surface area contributed by atoms with Crippen LogP contribution in [0, 0.1) is 0 Å². The van der Waals surface area contributed by atoms with Crippen LogP contribution in [0.3, 0.4) is 0 Å². The summed E-state index contributed by atoms with van der Waals surface area (Å²) in [6, 6.07) is 14.0. The van der Waals surface area contributed by atoms with Crippen LogP contribution in [0.1, 0.15) is 42.4 Å². The largest absolute Gasteiger partial charge is 0.379 e. The summed E-state index contributed by atoms with van der Waals surface area (Å²) >= 11 is 12.6. The lowest BCUT2D eigenvalue weighted by atomic mass is 10.1. The van der Waals surface area contributed by atoms with Crippen molar-refractivity contribution >= 4 is 29.0 Å². The van der Waals surface area contributed by atoms with Crippen LogP contribution in [0.5, 0.6) is 0 Å². The number of methoxy groups -OCH3 is 1. The number of benzene rings is 2. The summed E-state index contributed by atoms with van der Waals surface area (Å²) in [6.45, 7) is 4.17. The average Bonchev–Trinajstić information content (AvgIpc) is 3.11. The predicted octanol–water partition coefficient (Wildman–Crippen LogP) is 6.30. The van der Waals surface area contributed by atoms with Gasteiger partial charge in [0.2, 0.25) is 0 Å². The van der Waals surface area contributed by atoms with Gasteiger partial charge in [0.05, 0.1) is 34.3 Å². The van der Waals surface area contributed by atoms with Gasteiger partial charge in [0, 0.05) is 24.1 Å². The van der Waals surface area contributed by atoms with Crippen molar-refractivity contribution in [1.29, 1.82) is 0 Å². The third-order valence-electron chi connectivity index (χ3n) is 5.67. The van der Waals surface area contributed by atoms with E-state index in [-0.39, 0.29) is 12.1 Å². The summed E-state index contributed by atoms with van der Waals surface area (Å²) in [5.74, 6) is 0.812. The first-order chi connectivity index (χ1) is 14.5. The SMILES string of the molecule is CCc1nc(-c2ccc(Cl)cc2Cl)c(CC)nc1NC1c2ccccc2CC1OC. The molecule has 2 aromatic carbocycles. The third kappa shape index (κ3) is 3.92. The maximum atomic E-state index is 6.48. The highest BCUT2D eigenvalue weighted by Crippen LogP contribution is 2.37. The van der Waals surface area contributed by atoms with Crippen LogP contribution in [0.15, 0.2) is 42.5 Å². The molecule has 1 heterocycles. The van der Waals surface area contributed by atoms with Crippen molar-refractivity contribution in [3.8, 4) is 11.3 Å². The van der Waals surface area contributed by atoms with E-state index in [4.69, 9.17) is 37.9 Å². The Hall–Kier alpha value is -2.14. The van der Waals surface area contributed by atoms with E-state index in [1.165, 1.54) is 11.1 Å². The molecule has 30 heavy (non-hydrogen) atoms. The second kappa shape index (κ2) is 8.93. The number of nitrogens with one attached hydrogen (secondary N) is 1. The molecule has 0 saturated carbocycles. The summed E-state index contributed by atoms with van der Waals surface area (Å²) in [5, 5.41) is 4.83. The van der Waals surface area contributed by atoms with Crippen LogP contribution >= 0.6 is 23.2 Å². The van der Waals surface area contributed by atoms with E-state index in [0.29, 0.717) is 10.0 Å². The molecule has 6 heteroatoms. The molecule has 2 unspecified atom stereocenters. The van der Waals surface area contributed by atoms with Gasteiger partial charge in [0.25, 0.3) is 0 Å². The normalized spacial score (nSPS) is 17.8. The molecule has 156 valence electrons. The Morgan fingerprint density at radius 1 is 1.03 bits per heavy atom. The van der Waals surface area contributed by atoms with Gasteiger partial charge in [-0.2, -0.15) is 0 Å². The smallest absolute Gasteiger partial charge is 0.148 e. The molecule has 0 aliphatic heterocycles. The Balaban J connectivity index is 1.76. The number of halogens is 2. The Labute approximate surface area is 187 Å². The standard InChI is InChI=1S/C24H25Cl2N3O/c1-4-19-22(17-11-10-15(25)13-18(17)26)27-20(5-2)24(28-19)29-23-16-9-7-6-8-14(16)12-21(23)30-3/h6-11,13,21,23H,4-5,12H2,1-3H3,(H,28,29). The second-order valence-corrected chi connectivity index (χ2v) is 8.29. The minimum atomic E-state index is 0.0421. The molecule has 0 amide bonds. The average molecular weight is 442 g/mol. The van der Waals surface area contributed by atoms with Crippen molar-refractivity contribution < 1.29 is 4.74 Å². The van der Waals surface area contributed by atoms with Crippen LogP contribution < -0.4 is 5.32 Å². The van der Waals surface area contributed by atoms with Gasteiger partial charge in [-0.3, -0.25) is 0 Å². The van der Waals surface area contributed by atoms with Gasteiger partial charge in [0.1, 0.15) is 5.82 Å². The molecule has 4 rings (SSSR count). The van der Waals surface area contributed by atoms with Crippen LogP contribution in [-0.4, -0.2) is 23.2 Å². The lowest BCUT2D eigenvalue weighted by Gasteiger charge is -2.23. The molecule has 0 spiro atoms. The Morgan fingerprint density at radius 2 is 1.80 bits per heavy atom. The molecule has 1 aliphatic rings. The van der Waals surface area contributed by atoms with Crippen LogP contribution in [0.25, 0.3) is 11.3 Å². The first kappa shape index (κ1) is 21.1. The minimum absolute atomic E-state index is 0.0421. The lowest BCUT2D eigenvalue weighted by molar-refractivity contribution is 0.0959. The molecule has 4 nitrogen and oxygen atoms in total. The fourth-order valence-electron chi connectivity index (χ4n) is 4.11. The molecule has 3 aromatic rings. The van der Waals surface area contributed by atoms with Gasteiger partial charge < -0.3 is 10.1 Å². The van der Waals surface area contributed by atoms with Crippen LogP contribution in [0.4, 0.5) is 5.82 Å². The maximum Gasteiger partial charge on any atom is 0.148 e. The number of aryl methyl sites for hydroxylation is 2. The van der Waals surface area contributed by atoms with Crippen LogP contribution in [-0.2, 0) is 24.0 Å². The molecule has 0 saturated heterocycles. The number of hydrogen-bond donors (Lipinski definition) is 1. The van der Waals surface area contributed by atoms with Crippen molar-refractivity contribution in [3.63, 3.8) is 0 Å². The number of nitrogens with zero attached hydrogens (tertiary/aromatic N) is 2. The second-order valence-electron chi connectivity index (χ2n) is 7.44. The fraction of sp³-hybridized carbons (Fsp3) is 0.333. The molecule has 2 atom stereocenters.